The lowest BCUT2D eigenvalue weighted by Crippen LogP contribution is -2.51. The van der Waals surface area contributed by atoms with E-state index in [1.807, 2.05) is 18.2 Å². The summed E-state index contributed by atoms with van der Waals surface area (Å²) in [5.41, 5.74) is 0.803. The molecule has 0 spiro atoms. The zero-order valence-electron chi connectivity index (χ0n) is 12.9. The van der Waals surface area contributed by atoms with Crippen molar-refractivity contribution in [3.05, 3.63) is 35.9 Å². The van der Waals surface area contributed by atoms with Gasteiger partial charge in [-0.25, -0.2) is 0 Å². The molecule has 21 heavy (non-hydrogen) atoms. The van der Waals surface area contributed by atoms with E-state index >= 15 is 0 Å². The van der Waals surface area contributed by atoms with Crippen molar-refractivity contribution in [3.8, 4) is 0 Å². The number of likely N-dealkylation sites (tertiary alicyclic amines) is 1. The number of nitrogens with zero attached hydrogens (tertiary/aromatic N) is 1. The minimum atomic E-state index is -0.361. The molecule has 0 atom stereocenters. The van der Waals surface area contributed by atoms with Gasteiger partial charge in [0.25, 0.3) is 0 Å². The Balaban J connectivity index is 1.87. The summed E-state index contributed by atoms with van der Waals surface area (Å²) < 4.78 is 5.53. The predicted molar refractivity (Wildman–Crippen MR) is 83.2 cm³/mol. The van der Waals surface area contributed by atoms with Crippen molar-refractivity contribution in [2.24, 2.45) is 5.92 Å². The van der Waals surface area contributed by atoms with E-state index in [0.717, 1.165) is 50.3 Å². The lowest BCUT2D eigenvalue weighted by Gasteiger charge is -2.42. The van der Waals surface area contributed by atoms with Crippen molar-refractivity contribution in [1.82, 2.24) is 4.90 Å². The second kappa shape index (κ2) is 6.18. The third-order valence-corrected chi connectivity index (χ3v) is 5.15. The van der Waals surface area contributed by atoms with E-state index in [-0.39, 0.29) is 5.41 Å². The molecule has 0 unspecified atom stereocenters. The number of benzene rings is 1. The third-order valence-electron chi connectivity index (χ3n) is 5.15. The van der Waals surface area contributed by atoms with Gasteiger partial charge in [0.05, 0.1) is 5.41 Å². The SMILES string of the molecule is CC1CCN(C(=O)C2(c3ccccc3)CCOCC2)CC1. The van der Waals surface area contributed by atoms with Crippen molar-refractivity contribution in [2.75, 3.05) is 26.3 Å². The summed E-state index contributed by atoms with van der Waals surface area (Å²) in [5, 5.41) is 0. The fourth-order valence-corrected chi connectivity index (χ4v) is 3.62. The molecular formula is C18H25NO2. The molecular weight excluding hydrogens is 262 g/mol. The maximum Gasteiger partial charge on any atom is 0.233 e. The van der Waals surface area contributed by atoms with Gasteiger partial charge in [-0.3, -0.25) is 4.79 Å². The standard InChI is InChI=1S/C18H25NO2/c1-15-7-11-19(12-8-15)17(20)18(9-13-21-14-10-18)16-5-3-2-4-6-16/h2-6,15H,7-14H2,1H3. The minimum Gasteiger partial charge on any atom is -0.381 e. The molecule has 2 fully saturated rings. The Hall–Kier alpha value is -1.35. The number of rotatable bonds is 2. The summed E-state index contributed by atoms with van der Waals surface area (Å²) in [4.78, 5) is 15.3. The third kappa shape index (κ3) is 2.84. The van der Waals surface area contributed by atoms with Crippen LogP contribution in [-0.4, -0.2) is 37.1 Å². The number of ether oxygens (including phenoxy) is 1. The van der Waals surface area contributed by atoms with Gasteiger partial charge in [0.1, 0.15) is 0 Å². The van der Waals surface area contributed by atoms with Crippen LogP contribution in [0.2, 0.25) is 0 Å². The first kappa shape index (κ1) is 14.6. The Morgan fingerprint density at radius 1 is 1.14 bits per heavy atom. The summed E-state index contributed by atoms with van der Waals surface area (Å²) in [5.74, 6) is 1.07. The monoisotopic (exact) mass is 287 g/mol. The highest BCUT2D eigenvalue weighted by atomic mass is 16.5. The van der Waals surface area contributed by atoms with Crippen molar-refractivity contribution in [1.29, 1.82) is 0 Å². The summed E-state index contributed by atoms with van der Waals surface area (Å²) >= 11 is 0. The predicted octanol–water partition coefficient (Wildman–Crippen LogP) is 2.99. The van der Waals surface area contributed by atoms with Gasteiger partial charge in [-0.2, -0.15) is 0 Å². The minimum absolute atomic E-state index is 0.323. The molecule has 3 heteroatoms. The lowest BCUT2D eigenvalue weighted by atomic mass is 9.72. The highest BCUT2D eigenvalue weighted by molar-refractivity contribution is 5.88. The van der Waals surface area contributed by atoms with Crippen LogP contribution in [0.1, 0.15) is 38.2 Å². The number of hydrogen-bond acceptors (Lipinski definition) is 2. The molecule has 0 bridgehead atoms. The average Bonchev–Trinajstić information content (AvgIpc) is 2.56. The van der Waals surface area contributed by atoms with Gasteiger partial charge in [0.2, 0.25) is 5.91 Å². The molecule has 2 aliphatic rings. The number of piperidine rings is 1. The second-order valence-electron chi connectivity index (χ2n) is 6.54. The van der Waals surface area contributed by atoms with E-state index in [9.17, 15) is 4.79 Å². The number of carbonyl (C=O) groups excluding carboxylic acids is 1. The number of amides is 1. The Morgan fingerprint density at radius 2 is 1.76 bits per heavy atom. The van der Waals surface area contributed by atoms with E-state index in [2.05, 4.69) is 24.0 Å². The largest absolute Gasteiger partial charge is 0.381 e. The van der Waals surface area contributed by atoms with Crippen molar-refractivity contribution >= 4 is 5.91 Å². The van der Waals surface area contributed by atoms with E-state index in [1.54, 1.807) is 0 Å². The van der Waals surface area contributed by atoms with Crippen LogP contribution in [0.3, 0.4) is 0 Å². The van der Waals surface area contributed by atoms with Crippen molar-refractivity contribution < 1.29 is 9.53 Å². The molecule has 1 aromatic carbocycles. The summed E-state index contributed by atoms with van der Waals surface area (Å²) in [6.45, 7) is 5.48. The van der Waals surface area contributed by atoms with Gasteiger partial charge in [-0.15, -0.1) is 0 Å². The first-order valence-corrected chi connectivity index (χ1v) is 8.15. The zero-order valence-corrected chi connectivity index (χ0v) is 12.9. The van der Waals surface area contributed by atoms with Crippen LogP contribution < -0.4 is 0 Å². The van der Waals surface area contributed by atoms with Crippen molar-refractivity contribution in [2.45, 2.75) is 38.0 Å². The van der Waals surface area contributed by atoms with Gasteiger partial charge >= 0.3 is 0 Å². The maximum atomic E-state index is 13.3. The van der Waals surface area contributed by atoms with E-state index in [1.165, 1.54) is 0 Å². The summed E-state index contributed by atoms with van der Waals surface area (Å²) in [6.07, 6.45) is 3.88. The molecule has 0 radical (unpaired) electrons. The van der Waals surface area contributed by atoms with Gasteiger partial charge in [0, 0.05) is 26.3 Å². The topological polar surface area (TPSA) is 29.5 Å². The first-order valence-electron chi connectivity index (χ1n) is 8.15. The zero-order chi connectivity index (χ0) is 14.7. The molecule has 1 aromatic rings. The average molecular weight is 287 g/mol. The highest BCUT2D eigenvalue weighted by Gasteiger charge is 2.44. The summed E-state index contributed by atoms with van der Waals surface area (Å²) in [7, 11) is 0. The van der Waals surface area contributed by atoms with Gasteiger partial charge in [0.15, 0.2) is 0 Å². The quantitative estimate of drug-likeness (QED) is 0.837. The molecule has 3 rings (SSSR count). The normalized spacial score (nSPS) is 23.0. The maximum absolute atomic E-state index is 13.3. The van der Waals surface area contributed by atoms with Gasteiger partial charge in [-0.05, 0) is 37.2 Å². The smallest absolute Gasteiger partial charge is 0.233 e. The van der Waals surface area contributed by atoms with Crippen LogP contribution in [0.4, 0.5) is 0 Å². The second-order valence-corrected chi connectivity index (χ2v) is 6.54. The molecule has 1 amide bonds. The number of hydrogen-bond donors (Lipinski definition) is 0. The Bertz CT molecular complexity index is 471. The van der Waals surface area contributed by atoms with Crippen LogP contribution in [0, 0.1) is 5.92 Å². The molecule has 3 nitrogen and oxygen atoms in total. The fraction of sp³-hybridized carbons (Fsp3) is 0.611. The molecule has 0 N–H and O–H groups in total. The van der Waals surface area contributed by atoms with Crippen molar-refractivity contribution in [3.63, 3.8) is 0 Å². The number of carbonyl (C=O) groups is 1. The highest BCUT2D eigenvalue weighted by Crippen LogP contribution is 2.37. The van der Waals surface area contributed by atoms with Gasteiger partial charge in [-0.1, -0.05) is 37.3 Å². The molecule has 2 saturated heterocycles. The molecule has 0 saturated carbocycles. The molecule has 0 aromatic heterocycles. The fourth-order valence-electron chi connectivity index (χ4n) is 3.62. The molecule has 2 aliphatic heterocycles. The lowest BCUT2D eigenvalue weighted by molar-refractivity contribution is -0.142. The molecule has 114 valence electrons. The molecule has 0 aliphatic carbocycles. The van der Waals surface area contributed by atoms with Crippen LogP contribution in [0.5, 0.6) is 0 Å². The Labute approximate surface area is 127 Å². The Kier molecular flexibility index (Phi) is 4.29. The Morgan fingerprint density at radius 3 is 2.38 bits per heavy atom. The first-order chi connectivity index (χ1) is 10.2. The van der Waals surface area contributed by atoms with Crippen LogP contribution in [0.25, 0.3) is 0 Å². The van der Waals surface area contributed by atoms with E-state index in [4.69, 9.17) is 4.74 Å². The van der Waals surface area contributed by atoms with Crippen LogP contribution >= 0.6 is 0 Å². The summed E-state index contributed by atoms with van der Waals surface area (Å²) in [6, 6.07) is 10.3. The van der Waals surface area contributed by atoms with Crippen LogP contribution in [0.15, 0.2) is 30.3 Å². The van der Waals surface area contributed by atoms with Crippen LogP contribution in [-0.2, 0) is 14.9 Å². The molecule has 2 heterocycles. The van der Waals surface area contributed by atoms with Gasteiger partial charge < -0.3 is 9.64 Å². The van der Waals surface area contributed by atoms with E-state index < -0.39 is 0 Å². The van der Waals surface area contributed by atoms with E-state index in [0.29, 0.717) is 19.1 Å².